The number of benzene rings is 2. The SMILES string of the molecule is CC(C)(C)c1ccccc1NC(=O)c1ccc(CS(C)(=O)=O)cc1. The van der Waals surface area contributed by atoms with Gasteiger partial charge >= 0.3 is 0 Å². The van der Waals surface area contributed by atoms with E-state index in [-0.39, 0.29) is 17.1 Å². The number of amides is 1. The lowest BCUT2D eigenvalue weighted by atomic mass is 9.86. The Morgan fingerprint density at radius 1 is 1.00 bits per heavy atom. The highest BCUT2D eigenvalue weighted by atomic mass is 32.2. The molecule has 0 aromatic heterocycles. The van der Waals surface area contributed by atoms with Crippen molar-refractivity contribution in [3.63, 3.8) is 0 Å². The number of anilines is 1. The second-order valence-corrected chi connectivity index (χ2v) is 9.16. The number of para-hydroxylation sites is 1. The average Bonchev–Trinajstić information content (AvgIpc) is 2.45. The van der Waals surface area contributed by atoms with E-state index in [1.807, 2.05) is 24.3 Å². The smallest absolute Gasteiger partial charge is 0.255 e. The quantitative estimate of drug-likeness (QED) is 0.917. The highest BCUT2D eigenvalue weighted by molar-refractivity contribution is 7.89. The van der Waals surface area contributed by atoms with E-state index in [0.717, 1.165) is 11.3 Å². The van der Waals surface area contributed by atoms with Gasteiger partial charge in [0.25, 0.3) is 5.91 Å². The van der Waals surface area contributed by atoms with Crippen molar-refractivity contribution in [2.45, 2.75) is 31.9 Å². The van der Waals surface area contributed by atoms with Crippen molar-refractivity contribution in [1.29, 1.82) is 0 Å². The molecule has 4 nitrogen and oxygen atoms in total. The lowest BCUT2D eigenvalue weighted by Gasteiger charge is -2.23. The van der Waals surface area contributed by atoms with Crippen LogP contribution in [0.4, 0.5) is 5.69 Å². The minimum Gasteiger partial charge on any atom is -0.322 e. The first kappa shape index (κ1) is 18.2. The zero-order valence-corrected chi connectivity index (χ0v) is 15.3. The summed E-state index contributed by atoms with van der Waals surface area (Å²) in [7, 11) is -3.08. The molecule has 2 aromatic carbocycles. The molecule has 24 heavy (non-hydrogen) atoms. The fourth-order valence-corrected chi connectivity index (χ4v) is 3.29. The summed E-state index contributed by atoms with van der Waals surface area (Å²) in [5.41, 5.74) is 2.94. The van der Waals surface area contributed by atoms with Crippen LogP contribution in [0.3, 0.4) is 0 Å². The predicted molar refractivity (Wildman–Crippen MR) is 98.1 cm³/mol. The Bertz CT molecular complexity index is 832. The molecule has 0 aliphatic carbocycles. The summed E-state index contributed by atoms with van der Waals surface area (Å²) < 4.78 is 22.6. The van der Waals surface area contributed by atoms with Crippen LogP contribution in [0.15, 0.2) is 48.5 Å². The van der Waals surface area contributed by atoms with Gasteiger partial charge in [0.05, 0.1) is 5.75 Å². The number of sulfone groups is 1. The summed E-state index contributed by atoms with van der Waals surface area (Å²) >= 11 is 0. The van der Waals surface area contributed by atoms with Gasteiger partial charge in [-0.1, -0.05) is 51.1 Å². The van der Waals surface area contributed by atoms with Gasteiger partial charge in [-0.3, -0.25) is 4.79 Å². The summed E-state index contributed by atoms with van der Waals surface area (Å²) in [5.74, 6) is -0.237. The van der Waals surface area contributed by atoms with Crippen molar-refractivity contribution < 1.29 is 13.2 Å². The van der Waals surface area contributed by atoms with Crippen molar-refractivity contribution >= 4 is 21.4 Å². The molecule has 0 bridgehead atoms. The zero-order valence-electron chi connectivity index (χ0n) is 14.5. The maximum atomic E-state index is 12.5. The molecule has 0 atom stereocenters. The van der Waals surface area contributed by atoms with Crippen molar-refractivity contribution in [3.05, 3.63) is 65.2 Å². The molecule has 5 heteroatoms. The van der Waals surface area contributed by atoms with Gasteiger partial charge in [-0.15, -0.1) is 0 Å². The highest BCUT2D eigenvalue weighted by Gasteiger charge is 2.19. The van der Waals surface area contributed by atoms with E-state index >= 15 is 0 Å². The second-order valence-electron chi connectivity index (χ2n) is 7.02. The monoisotopic (exact) mass is 345 g/mol. The number of hydrogen-bond donors (Lipinski definition) is 1. The Morgan fingerprint density at radius 3 is 2.12 bits per heavy atom. The molecule has 0 aliphatic rings. The van der Waals surface area contributed by atoms with Gasteiger partial charge in [0, 0.05) is 17.5 Å². The molecule has 0 saturated heterocycles. The van der Waals surface area contributed by atoms with Crippen LogP contribution >= 0.6 is 0 Å². The molecular weight excluding hydrogens is 322 g/mol. The second kappa shape index (κ2) is 6.77. The fourth-order valence-electron chi connectivity index (χ4n) is 2.50. The van der Waals surface area contributed by atoms with Gasteiger partial charge in [-0.05, 0) is 34.7 Å². The summed E-state index contributed by atoms with van der Waals surface area (Å²) in [6.07, 6.45) is 1.19. The van der Waals surface area contributed by atoms with E-state index in [4.69, 9.17) is 0 Å². The van der Waals surface area contributed by atoms with E-state index in [1.54, 1.807) is 24.3 Å². The molecule has 0 aliphatic heterocycles. The number of rotatable bonds is 4. The van der Waals surface area contributed by atoms with Crippen molar-refractivity contribution in [2.75, 3.05) is 11.6 Å². The molecule has 1 N–H and O–H groups in total. The Balaban J connectivity index is 2.19. The third-order valence-electron chi connectivity index (χ3n) is 3.63. The first-order chi connectivity index (χ1) is 11.1. The predicted octanol–water partition coefficient (Wildman–Crippen LogP) is 3.78. The number of carbonyl (C=O) groups is 1. The molecule has 0 heterocycles. The maximum absolute atomic E-state index is 12.5. The van der Waals surface area contributed by atoms with Gasteiger partial charge in [0.1, 0.15) is 0 Å². The maximum Gasteiger partial charge on any atom is 0.255 e. The number of nitrogens with one attached hydrogen (secondary N) is 1. The standard InChI is InChI=1S/C19H23NO3S/c1-19(2,3)16-7-5-6-8-17(16)20-18(21)15-11-9-14(10-12-15)13-24(4,22)23/h5-12H,13H2,1-4H3,(H,20,21). The molecule has 2 aromatic rings. The normalized spacial score (nSPS) is 12.0. The van der Waals surface area contributed by atoms with Gasteiger partial charge in [0.15, 0.2) is 9.84 Å². The van der Waals surface area contributed by atoms with Crippen LogP contribution in [-0.2, 0) is 21.0 Å². The first-order valence-corrected chi connectivity index (χ1v) is 9.80. The molecular formula is C19H23NO3S. The van der Waals surface area contributed by atoms with Gasteiger partial charge < -0.3 is 5.32 Å². The Hall–Kier alpha value is -2.14. The van der Waals surface area contributed by atoms with E-state index in [2.05, 4.69) is 26.1 Å². The first-order valence-electron chi connectivity index (χ1n) is 7.74. The molecule has 2 rings (SSSR count). The summed E-state index contributed by atoms with van der Waals surface area (Å²) in [5, 5.41) is 2.94. The minimum atomic E-state index is -3.08. The topological polar surface area (TPSA) is 63.2 Å². The van der Waals surface area contributed by atoms with E-state index < -0.39 is 9.84 Å². The van der Waals surface area contributed by atoms with Crippen LogP contribution in [-0.4, -0.2) is 20.6 Å². The lowest BCUT2D eigenvalue weighted by molar-refractivity contribution is 0.102. The Kier molecular flexibility index (Phi) is 5.13. The van der Waals surface area contributed by atoms with E-state index in [9.17, 15) is 13.2 Å². The molecule has 1 amide bonds. The average molecular weight is 345 g/mol. The van der Waals surface area contributed by atoms with Crippen LogP contribution in [0, 0.1) is 0 Å². The number of hydrogen-bond acceptors (Lipinski definition) is 3. The summed E-state index contributed by atoms with van der Waals surface area (Å²) in [6, 6.07) is 14.4. The lowest BCUT2D eigenvalue weighted by Crippen LogP contribution is -2.18. The highest BCUT2D eigenvalue weighted by Crippen LogP contribution is 2.29. The van der Waals surface area contributed by atoms with Crippen LogP contribution < -0.4 is 5.32 Å². The fraction of sp³-hybridized carbons (Fsp3) is 0.316. The Morgan fingerprint density at radius 2 is 1.58 bits per heavy atom. The molecule has 0 spiro atoms. The van der Waals surface area contributed by atoms with Gasteiger partial charge in [-0.25, -0.2) is 8.42 Å². The largest absolute Gasteiger partial charge is 0.322 e. The van der Waals surface area contributed by atoms with Crippen LogP contribution in [0.2, 0.25) is 0 Å². The van der Waals surface area contributed by atoms with E-state index in [0.29, 0.717) is 11.1 Å². The van der Waals surface area contributed by atoms with Crippen LogP contribution in [0.25, 0.3) is 0 Å². The van der Waals surface area contributed by atoms with Crippen molar-refractivity contribution in [3.8, 4) is 0 Å². The van der Waals surface area contributed by atoms with E-state index in [1.165, 1.54) is 6.26 Å². The van der Waals surface area contributed by atoms with Crippen molar-refractivity contribution in [1.82, 2.24) is 0 Å². The third kappa shape index (κ3) is 4.93. The molecule has 0 radical (unpaired) electrons. The van der Waals surface area contributed by atoms with Gasteiger partial charge in [0.2, 0.25) is 0 Å². The minimum absolute atomic E-state index is 0.0260. The molecule has 0 fully saturated rings. The summed E-state index contributed by atoms with van der Waals surface area (Å²) in [4.78, 5) is 12.5. The van der Waals surface area contributed by atoms with Crippen LogP contribution in [0.1, 0.15) is 42.3 Å². The Labute approximate surface area is 143 Å². The van der Waals surface area contributed by atoms with Crippen molar-refractivity contribution in [2.24, 2.45) is 0 Å². The molecule has 0 unspecified atom stereocenters. The third-order valence-corrected chi connectivity index (χ3v) is 4.49. The molecule has 0 saturated carbocycles. The zero-order chi connectivity index (χ0) is 18.0. The number of carbonyl (C=O) groups excluding carboxylic acids is 1. The van der Waals surface area contributed by atoms with Gasteiger partial charge in [-0.2, -0.15) is 0 Å². The summed E-state index contributed by atoms with van der Waals surface area (Å²) in [6.45, 7) is 6.29. The molecule has 128 valence electrons. The van der Waals surface area contributed by atoms with Crippen LogP contribution in [0.5, 0.6) is 0 Å².